The molecule has 4 nitrogen and oxygen atoms in total. The van der Waals surface area contributed by atoms with Gasteiger partial charge in [-0.05, 0) is 61.3 Å². The van der Waals surface area contributed by atoms with Gasteiger partial charge in [-0.1, -0.05) is 57.2 Å². The average molecular weight is 484 g/mol. The Kier molecular flexibility index (Phi) is 6.37. The Morgan fingerprint density at radius 3 is 2.63 bits per heavy atom. The zero-order valence-corrected chi connectivity index (χ0v) is 21.8. The number of nitrogens with one attached hydrogen (secondary N) is 1. The summed E-state index contributed by atoms with van der Waals surface area (Å²) in [5, 5.41) is 5.10. The molecule has 1 aliphatic carbocycles. The van der Waals surface area contributed by atoms with E-state index in [1.54, 1.807) is 11.3 Å². The summed E-state index contributed by atoms with van der Waals surface area (Å²) < 4.78 is 2.24. The molecule has 0 radical (unpaired) electrons. The van der Waals surface area contributed by atoms with Crippen molar-refractivity contribution in [1.82, 2.24) is 4.57 Å². The molecule has 1 aliphatic rings. The van der Waals surface area contributed by atoms with Crippen LogP contribution in [0.5, 0.6) is 0 Å². The summed E-state index contributed by atoms with van der Waals surface area (Å²) in [6.45, 7) is 10.0. The van der Waals surface area contributed by atoms with Crippen molar-refractivity contribution in [3.8, 4) is 0 Å². The van der Waals surface area contributed by atoms with Crippen LogP contribution in [0.1, 0.15) is 60.5 Å². The second-order valence-corrected chi connectivity index (χ2v) is 11.5. The number of hydrogen-bond donors (Lipinski definition) is 1. The molecule has 2 heterocycles. The van der Waals surface area contributed by atoms with Gasteiger partial charge in [0.2, 0.25) is 0 Å². The lowest BCUT2D eigenvalue weighted by molar-refractivity contribution is 0.102. The van der Waals surface area contributed by atoms with Crippen molar-refractivity contribution in [2.24, 2.45) is 16.3 Å². The third-order valence-corrected chi connectivity index (χ3v) is 8.37. The van der Waals surface area contributed by atoms with Crippen molar-refractivity contribution < 1.29 is 4.79 Å². The van der Waals surface area contributed by atoms with E-state index < -0.39 is 0 Å². The second kappa shape index (κ2) is 9.46. The maximum atomic E-state index is 13.5. The first-order valence-corrected chi connectivity index (χ1v) is 13.3. The Hall–Kier alpha value is -3.18. The number of aliphatic imine (C=N–C) groups is 1. The molecule has 0 fully saturated rings. The van der Waals surface area contributed by atoms with Crippen molar-refractivity contribution >= 4 is 45.0 Å². The number of hydrogen-bond acceptors (Lipinski definition) is 3. The van der Waals surface area contributed by atoms with Crippen molar-refractivity contribution in [3.63, 3.8) is 0 Å². The largest absolute Gasteiger partial charge is 0.347 e. The summed E-state index contributed by atoms with van der Waals surface area (Å²) in [7, 11) is 0. The first-order valence-electron chi connectivity index (χ1n) is 12.5. The molecule has 35 heavy (non-hydrogen) atoms. The number of aryl methyl sites for hydroxylation is 1. The fraction of sp³-hybridized carbons (Fsp3) is 0.333. The number of carbonyl (C=O) groups is 1. The van der Waals surface area contributed by atoms with Gasteiger partial charge >= 0.3 is 0 Å². The molecular formula is C30H33N3OS. The highest BCUT2D eigenvalue weighted by Crippen LogP contribution is 2.45. The van der Waals surface area contributed by atoms with Gasteiger partial charge in [0.25, 0.3) is 5.91 Å². The van der Waals surface area contributed by atoms with Crippen molar-refractivity contribution in [1.29, 1.82) is 0 Å². The van der Waals surface area contributed by atoms with E-state index in [0.29, 0.717) is 5.92 Å². The normalized spacial score (nSPS) is 16.1. The van der Waals surface area contributed by atoms with Gasteiger partial charge in [-0.25, -0.2) is 4.99 Å². The predicted molar refractivity (Wildman–Crippen MR) is 149 cm³/mol. The number of aromatic nitrogens is 1. The van der Waals surface area contributed by atoms with Gasteiger partial charge in [-0.2, -0.15) is 0 Å². The molecule has 2 aromatic heterocycles. The lowest BCUT2D eigenvalue weighted by Gasteiger charge is -2.33. The van der Waals surface area contributed by atoms with E-state index >= 15 is 0 Å². The van der Waals surface area contributed by atoms with Crippen LogP contribution in [0.2, 0.25) is 0 Å². The lowest BCUT2D eigenvalue weighted by Crippen LogP contribution is -2.27. The predicted octanol–water partition coefficient (Wildman–Crippen LogP) is 7.88. The fourth-order valence-electron chi connectivity index (χ4n) is 5.12. The molecule has 5 heteroatoms. The molecule has 0 unspecified atom stereocenters. The fourth-order valence-corrected chi connectivity index (χ4v) is 6.39. The lowest BCUT2D eigenvalue weighted by atomic mass is 9.72. The molecule has 1 atom stereocenters. The van der Waals surface area contributed by atoms with Gasteiger partial charge in [0.15, 0.2) is 0 Å². The molecule has 1 N–H and O–H groups in total. The molecule has 5 rings (SSSR count). The average Bonchev–Trinajstić information content (AvgIpc) is 3.40. The summed E-state index contributed by atoms with van der Waals surface area (Å²) in [6.07, 6.45) is 7.13. The van der Waals surface area contributed by atoms with Crippen LogP contribution >= 0.6 is 11.3 Å². The Morgan fingerprint density at radius 1 is 1.14 bits per heavy atom. The maximum Gasteiger partial charge on any atom is 0.259 e. The number of thiophene rings is 1. The highest BCUT2D eigenvalue weighted by Gasteiger charge is 2.33. The van der Waals surface area contributed by atoms with E-state index in [9.17, 15) is 4.79 Å². The van der Waals surface area contributed by atoms with Crippen molar-refractivity contribution in [2.45, 2.75) is 53.5 Å². The smallest absolute Gasteiger partial charge is 0.259 e. The number of amides is 1. The zero-order valence-electron chi connectivity index (χ0n) is 21.0. The Balaban J connectivity index is 1.55. The van der Waals surface area contributed by atoms with Gasteiger partial charge in [0.05, 0.1) is 5.56 Å². The SMILES string of the molecule is CCn1cc(C=Nc2sc3c(c2C(=O)Nc2ccccc2)CC[C@@H](C(C)(C)C)C3)c2ccccc21. The minimum Gasteiger partial charge on any atom is -0.347 e. The van der Waals surface area contributed by atoms with Crippen LogP contribution < -0.4 is 5.32 Å². The molecule has 2 aromatic carbocycles. The van der Waals surface area contributed by atoms with Crippen LogP contribution in [0.4, 0.5) is 10.7 Å². The van der Waals surface area contributed by atoms with Crippen LogP contribution in [0.3, 0.4) is 0 Å². The number of benzene rings is 2. The molecule has 0 spiro atoms. The molecule has 0 aliphatic heterocycles. The third kappa shape index (κ3) is 4.70. The first-order chi connectivity index (χ1) is 16.8. The molecule has 1 amide bonds. The van der Waals surface area contributed by atoms with Crippen LogP contribution in [0, 0.1) is 11.3 Å². The van der Waals surface area contributed by atoms with Gasteiger partial charge in [-0.3, -0.25) is 4.79 Å². The number of para-hydroxylation sites is 2. The molecule has 0 bridgehead atoms. The van der Waals surface area contributed by atoms with E-state index in [1.165, 1.54) is 21.3 Å². The van der Waals surface area contributed by atoms with Crippen LogP contribution in [0.25, 0.3) is 10.9 Å². The molecular weight excluding hydrogens is 450 g/mol. The van der Waals surface area contributed by atoms with Gasteiger partial charge in [0.1, 0.15) is 5.00 Å². The van der Waals surface area contributed by atoms with Crippen molar-refractivity contribution in [3.05, 3.63) is 82.4 Å². The second-order valence-electron chi connectivity index (χ2n) is 10.5. The third-order valence-electron chi connectivity index (χ3n) is 7.21. The Morgan fingerprint density at radius 2 is 1.89 bits per heavy atom. The van der Waals surface area contributed by atoms with E-state index in [4.69, 9.17) is 4.99 Å². The molecule has 4 aromatic rings. The topological polar surface area (TPSA) is 46.4 Å². The number of nitrogens with zero attached hydrogens (tertiary/aromatic N) is 2. The number of fused-ring (bicyclic) bond motifs is 2. The minimum absolute atomic E-state index is 0.0638. The number of carbonyl (C=O) groups excluding carboxylic acids is 1. The monoisotopic (exact) mass is 483 g/mol. The first kappa shape index (κ1) is 23.6. The van der Waals surface area contributed by atoms with Crippen LogP contribution in [-0.2, 0) is 19.4 Å². The zero-order chi connectivity index (χ0) is 24.6. The van der Waals surface area contributed by atoms with Crippen LogP contribution in [-0.4, -0.2) is 16.7 Å². The van der Waals surface area contributed by atoms with E-state index in [2.05, 4.69) is 68.0 Å². The molecule has 0 saturated heterocycles. The van der Waals surface area contributed by atoms with Crippen molar-refractivity contribution in [2.75, 3.05) is 5.32 Å². The summed E-state index contributed by atoms with van der Waals surface area (Å²) >= 11 is 1.69. The maximum absolute atomic E-state index is 13.5. The number of rotatable bonds is 5. The van der Waals surface area contributed by atoms with E-state index in [1.807, 2.05) is 36.5 Å². The van der Waals surface area contributed by atoms with E-state index in [-0.39, 0.29) is 11.3 Å². The van der Waals surface area contributed by atoms with Gasteiger partial charge < -0.3 is 9.88 Å². The van der Waals surface area contributed by atoms with Gasteiger partial charge in [-0.15, -0.1) is 11.3 Å². The Labute approximate surface area is 211 Å². The summed E-state index contributed by atoms with van der Waals surface area (Å²) in [5.74, 6) is 0.545. The minimum atomic E-state index is -0.0638. The summed E-state index contributed by atoms with van der Waals surface area (Å²) in [4.78, 5) is 19.8. The van der Waals surface area contributed by atoms with E-state index in [0.717, 1.165) is 47.6 Å². The summed E-state index contributed by atoms with van der Waals surface area (Å²) in [5.41, 5.74) is 5.28. The highest BCUT2D eigenvalue weighted by atomic mass is 32.1. The van der Waals surface area contributed by atoms with Gasteiger partial charge in [0, 0.05) is 46.0 Å². The number of anilines is 1. The standard InChI is InChI=1S/C30H33N3OS/c1-5-33-19-20(23-13-9-10-14-25(23)33)18-31-29-27(28(34)32-22-11-7-6-8-12-22)24-16-15-21(30(2,3)4)17-26(24)35-29/h6-14,18-19,21H,5,15-17H2,1-4H3,(H,32,34)/t21-/m1/s1. The van der Waals surface area contributed by atoms with Crippen LogP contribution in [0.15, 0.2) is 65.8 Å². The molecule has 0 saturated carbocycles. The highest BCUT2D eigenvalue weighted by molar-refractivity contribution is 7.16. The quantitative estimate of drug-likeness (QED) is 0.288. The molecule has 180 valence electrons. The summed E-state index contributed by atoms with van der Waals surface area (Å²) in [6, 6.07) is 18.1. The Bertz CT molecular complexity index is 1390.